The van der Waals surface area contributed by atoms with E-state index in [1.54, 1.807) is 40.7 Å². The number of halogens is 2. The summed E-state index contributed by atoms with van der Waals surface area (Å²) in [6.07, 6.45) is 0. The minimum Gasteiger partial charge on any atom is -0.378 e. The van der Waals surface area contributed by atoms with E-state index in [2.05, 4.69) is 5.32 Å². The molecule has 2 aromatic rings. The molecule has 0 radical (unpaired) electrons. The Morgan fingerprint density at radius 2 is 1.76 bits per heavy atom. The molecule has 7 nitrogen and oxygen atoms in total. The molecule has 0 bridgehead atoms. The van der Waals surface area contributed by atoms with Crippen LogP contribution in [0.3, 0.4) is 0 Å². The second-order valence-electron chi connectivity index (χ2n) is 9.17. The summed E-state index contributed by atoms with van der Waals surface area (Å²) >= 11 is 5.87. The summed E-state index contributed by atoms with van der Waals surface area (Å²) < 4.78 is 47.0. The molecule has 5 rings (SSSR count). The zero-order valence-electron chi connectivity index (χ0n) is 18.6. The van der Waals surface area contributed by atoms with Crippen LogP contribution >= 0.6 is 11.6 Å². The fourth-order valence-corrected chi connectivity index (χ4v) is 6.77. The van der Waals surface area contributed by atoms with E-state index < -0.39 is 15.8 Å². The number of hydrogen-bond acceptors (Lipinski definition) is 5. The molecule has 0 aromatic heterocycles. The third-order valence-corrected chi connectivity index (χ3v) is 9.09. The molecule has 1 N–H and O–H groups in total. The number of nitrogens with zero attached hydrogens (tertiary/aromatic N) is 2. The van der Waals surface area contributed by atoms with Crippen molar-refractivity contribution in [1.82, 2.24) is 9.62 Å². The summed E-state index contributed by atoms with van der Waals surface area (Å²) in [6.45, 7) is 3.79. The predicted molar refractivity (Wildman–Crippen MR) is 128 cm³/mol. The van der Waals surface area contributed by atoms with Crippen LogP contribution in [0.2, 0.25) is 5.02 Å². The van der Waals surface area contributed by atoms with Crippen molar-refractivity contribution in [1.29, 1.82) is 0 Å². The van der Waals surface area contributed by atoms with Gasteiger partial charge >= 0.3 is 0 Å². The van der Waals surface area contributed by atoms with Crippen molar-refractivity contribution >= 4 is 33.2 Å². The van der Waals surface area contributed by atoms with Crippen molar-refractivity contribution in [2.24, 2.45) is 17.8 Å². The Balaban J connectivity index is 1.11. The zero-order valence-corrected chi connectivity index (χ0v) is 20.2. The lowest BCUT2D eigenvalue weighted by atomic mass is 10.1. The Morgan fingerprint density at radius 1 is 1.09 bits per heavy atom. The number of nitrogens with one attached hydrogen (secondary N) is 1. The van der Waals surface area contributed by atoms with Gasteiger partial charge in [-0.3, -0.25) is 4.79 Å². The van der Waals surface area contributed by atoms with E-state index in [0.29, 0.717) is 62.2 Å². The fourth-order valence-electron chi connectivity index (χ4n) is 5.04. The molecule has 1 amide bonds. The molecule has 2 unspecified atom stereocenters. The van der Waals surface area contributed by atoms with Crippen LogP contribution < -0.4 is 10.2 Å². The summed E-state index contributed by atoms with van der Waals surface area (Å²) in [4.78, 5) is 14.5. The van der Waals surface area contributed by atoms with Gasteiger partial charge in [0.05, 0.1) is 24.7 Å². The average molecular weight is 508 g/mol. The number of ether oxygens (including phenoxy) is 1. The van der Waals surface area contributed by atoms with Gasteiger partial charge in [-0.05, 0) is 53.6 Å². The zero-order chi connectivity index (χ0) is 23.9. The lowest BCUT2D eigenvalue weighted by Crippen LogP contribution is -2.37. The van der Waals surface area contributed by atoms with Crippen molar-refractivity contribution in [3.63, 3.8) is 0 Å². The van der Waals surface area contributed by atoms with Gasteiger partial charge in [-0.15, -0.1) is 0 Å². The molecule has 1 aliphatic carbocycles. The fraction of sp³-hybridized carbons (Fsp3) is 0.458. The van der Waals surface area contributed by atoms with Gasteiger partial charge in [-0.25, -0.2) is 17.1 Å². The third kappa shape index (κ3) is 4.93. The van der Waals surface area contributed by atoms with E-state index in [-0.39, 0.29) is 35.0 Å². The molecule has 3 fully saturated rings. The second kappa shape index (κ2) is 9.45. The number of rotatable bonds is 7. The van der Waals surface area contributed by atoms with Crippen molar-refractivity contribution in [2.75, 3.05) is 50.8 Å². The Labute approximate surface area is 203 Å². The summed E-state index contributed by atoms with van der Waals surface area (Å²) in [5, 5.41) is 3.47. The Bertz CT molecular complexity index is 1160. The molecular weight excluding hydrogens is 481 g/mol. The Morgan fingerprint density at radius 3 is 2.41 bits per heavy atom. The molecule has 2 aliphatic heterocycles. The number of anilines is 1. The van der Waals surface area contributed by atoms with Crippen molar-refractivity contribution in [2.45, 2.75) is 5.75 Å². The van der Waals surface area contributed by atoms with Crippen LogP contribution in [0.1, 0.15) is 15.9 Å². The van der Waals surface area contributed by atoms with Gasteiger partial charge in [0.1, 0.15) is 5.82 Å². The minimum atomic E-state index is -3.39. The highest BCUT2D eigenvalue weighted by Gasteiger charge is 2.57. The molecule has 2 aromatic carbocycles. The Kier molecular flexibility index (Phi) is 6.54. The number of amides is 1. The molecule has 2 heterocycles. The molecule has 2 atom stereocenters. The summed E-state index contributed by atoms with van der Waals surface area (Å²) in [5.41, 5.74) is 1.48. The maximum Gasteiger partial charge on any atom is 0.251 e. The van der Waals surface area contributed by atoms with Crippen molar-refractivity contribution < 1.29 is 22.3 Å². The summed E-state index contributed by atoms with van der Waals surface area (Å²) in [6, 6.07) is 11.4. The third-order valence-electron chi connectivity index (χ3n) is 7.05. The minimum absolute atomic E-state index is 0.0446. The highest BCUT2D eigenvalue weighted by Crippen LogP contribution is 2.52. The molecule has 34 heavy (non-hydrogen) atoms. The summed E-state index contributed by atoms with van der Waals surface area (Å²) in [7, 11) is -3.39. The van der Waals surface area contributed by atoms with Crippen LogP contribution in [0.15, 0.2) is 42.5 Å². The quantitative estimate of drug-likeness (QED) is 0.623. The van der Waals surface area contributed by atoms with Gasteiger partial charge in [-0.1, -0.05) is 23.7 Å². The molecule has 2 saturated heterocycles. The van der Waals surface area contributed by atoms with E-state index >= 15 is 0 Å². The molecule has 3 aliphatic rings. The molecule has 182 valence electrons. The van der Waals surface area contributed by atoms with E-state index in [1.165, 1.54) is 6.07 Å². The topological polar surface area (TPSA) is 79.0 Å². The largest absolute Gasteiger partial charge is 0.378 e. The maximum absolute atomic E-state index is 14.6. The molecule has 10 heteroatoms. The number of piperidine rings is 1. The second-order valence-corrected chi connectivity index (χ2v) is 11.6. The molecule has 0 spiro atoms. The first-order valence-corrected chi connectivity index (χ1v) is 13.4. The first kappa shape index (κ1) is 23.5. The normalized spacial score (nSPS) is 24.6. The predicted octanol–water partition coefficient (Wildman–Crippen LogP) is 2.75. The van der Waals surface area contributed by atoms with Gasteiger partial charge in [0.2, 0.25) is 10.0 Å². The first-order valence-electron chi connectivity index (χ1n) is 11.4. The van der Waals surface area contributed by atoms with Crippen molar-refractivity contribution in [3.8, 4) is 0 Å². The van der Waals surface area contributed by atoms with Gasteiger partial charge in [0, 0.05) is 43.3 Å². The maximum atomic E-state index is 14.6. The average Bonchev–Trinajstić information content (AvgIpc) is 3.26. The van der Waals surface area contributed by atoms with Crippen molar-refractivity contribution in [3.05, 3.63) is 64.4 Å². The van der Waals surface area contributed by atoms with E-state index in [0.717, 1.165) is 0 Å². The standard InChI is InChI=1S/C24H27ClFN3O4S/c25-18-4-1-16(2-5-18)15-34(31,32)29-13-20-19(21(20)14-29)12-27-24(30)17-3-6-23(22(26)11-17)28-7-9-33-10-8-28/h1-6,11,19-21H,7-10,12-15H2,(H,27,30). The van der Waals surface area contributed by atoms with Gasteiger partial charge in [0.15, 0.2) is 0 Å². The van der Waals surface area contributed by atoms with Crippen LogP contribution in [0.25, 0.3) is 0 Å². The lowest BCUT2D eigenvalue weighted by molar-refractivity contribution is 0.0949. The van der Waals surface area contributed by atoms with Gasteiger partial charge < -0.3 is 15.0 Å². The van der Waals surface area contributed by atoms with Crippen LogP contribution in [-0.4, -0.2) is 64.6 Å². The van der Waals surface area contributed by atoms with E-state index in [4.69, 9.17) is 16.3 Å². The number of fused-ring (bicyclic) bond motifs is 1. The number of sulfonamides is 1. The highest BCUT2D eigenvalue weighted by atomic mass is 35.5. The van der Waals surface area contributed by atoms with Gasteiger partial charge in [-0.2, -0.15) is 0 Å². The van der Waals surface area contributed by atoms with E-state index in [1.807, 2.05) is 4.90 Å². The Hall–Kier alpha value is -2.20. The number of hydrogen-bond donors (Lipinski definition) is 1. The number of carbonyl (C=O) groups excluding carboxylic acids is 1. The van der Waals surface area contributed by atoms with Gasteiger partial charge in [0.25, 0.3) is 5.91 Å². The smallest absolute Gasteiger partial charge is 0.251 e. The van der Waals surface area contributed by atoms with Crippen LogP contribution in [0.5, 0.6) is 0 Å². The number of morpholine rings is 1. The van der Waals surface area contributed by atoms with E-state index in [9.17, 15) is 17.6 Å². The highest BCUT2D eigenvalue weighted by molar-refractivity contribution is 7.88. The first-order chi connectivity index (χ1) is 16.3. The van der Waals surface area contributed by atoms with Crippen LogP contribution in [-0.2, 0) is 20.5 Å². The lowest BCUT2D eigenvalue weighted by Gasteiger charge is -2.29. The van der Waals surface area contributed by atoms with Crippen LogP contribution in [0, 0.1) is 23.6 Å². The monoisotopic (exact) mass is 507 g/mol. The molecule has 1 saturated carbocycles. The SMILES string of the molecule is O=C(NCC1C2CN(S(=O)(=O)Cc3ccc(Cl)cc3)CC12)c1ccc(N2CCOCC2)c(F)c1. The summed E-state index contributed by atoms with van der Waals surface area (Å²) in [5.74, 6) is -0.0225. The number of benzene rings is 2. The molecular formula is C24H27ClFN3O4S. The van der Waals surface area contributed by atoms with Crippen LogP contribution in [0.4, 0.5) is 10.1 Å². The number of carbonyl (C=O) groups is 1.